The van der Waals surface area contributed by atoms with Gasteiger partial charge in [0.25, 0.3) is 0 Å². The molecule has 1 fully saturated rings. The Hall–Kier alpha value is -2.00. The number of benzene rings is 2. The number of hydrogen-bond acceptors (Lipinski definition) is 5. The van der Waals surface area contributed by atoms with E-state index in [-0.39, 0.29) is 31.5 Å². The molecule has 2 aliphatic heterocycles. The lowest BCUT2D eigenvalue weighted by Gasteiger charge is -2.45. The van der Waals surface area contributed by atoms with Gasteiger partial charge >= 0.3 is 0 Å². The van der Waals surface area contributed by atoms with Crippen LogP contribution in [0, 0.1) is 0 Å². The van der Waals surface area contributed by atoms with Crippen molar-refractivity contribution >= 4 is 26.8 Å². The summed E-state index contributed by atoms with van der Waals surface area (Å²) in [5.41, 5.74) is 3.05. The number of rotatable bonds is 7. The molecule has 2 aliphatic rings. The van der Waals surface area contributed by atoms with E-state index >= 15 is 4.39 Å². The first-order valence-electron chi connectivity index (χ1n) is 12.7. The lowest BCUT2D eigenvalue weighted by atomic mass is 9.82. The number of ether oxygens (including phenoxy) is 3. The van der Waals surface area contributed by atoms with Crippen molar-refractivity contribution in [3.05, 3.63) is 57.7 Å². The Morgan fingerprint density at radius 3 is 2.72 bits per heavy atom. The van der Waals surface area contributed by atoms with E-state index in [1.165, 1.54) is 11.1 Å². The van der Waals surface area contributed by atoms with E-state index in [0.717, 1.165) is 59.0 Å². The maximum atomic E-state index is 15.6. The van der Waals surface area contributed by atoms with Gasteiger partial charge in [0.05, 0.1) is 31.5 Å². The highest BCUT2D eigenvalue weighted by atomic mass is 79.9. The Bertz CT molecular complexity index is 1220. The van der Waals surface area contributed by atoms with Crippen LogP contribution in [-0.4, -0.2) is 60.4 Å². The van der Waals surface area contributed by atoms with Gasteiger partial charge in [-0.25, -0.2) is 9.07 Å². The molecular formula is C28H35BrFN3O3. The number of halogens is 2. The SMILES string of the molecule is COCC(C)(F)CN1C(C)Cc2c(ccc3c2cnn3C2CCCCO2)C1c1ccc(Br)cc1OC. The predicted octanol–water partition coefficient (Wildman–Crippen LogP) is 6.22. The molecule has 0 bridgehead atoms. The molecule has 0 amide bonds. The van der Waals surface area contributed by atoms with Gasteiger partial charge in [-0.15, -0.1) is 0 Å². The topological polar surface area (TPSA) is 48.8 Å². The van der Waals surface area contributed by atoms with E-state index in [4.69, 9.17) is 19.3 Å². The van der Waals surface area contributed by atoms with Gasteiger partial charge in [0.15, 0.2) is 6.23 Å². The zero-order chi connectivity index (χ0) is 25.4. The third kappa shape index (κ3) is 4.80. The second-order valence-electron chi connectivity index (χ2n) is 10.3. The number of methoxy groups -OCH3 is 2. The van der Waals surface area contributed by atoms with E-state index in [1.54, 1.807) is 21.1 Å². The minimum Gasteiger partial charge on any atom is -0.496 e. The quantitative estimate of drug-likeness (QED) is 0.344. The molecule has 6 nitrogen and oxygen atoms in total. The molecule has 8 heteroatoms. The molecule has 0 radical (unpaired) electrons. The van der Waals surface area contributed by atoms with E-state index < -0.39 is 5.67 Å². The molecule has 194 valence electrons. The van der Waals surface area contributed by atoms with Gasteiger partial charge < -0.3 is 14.2 Å². The predicted molar refractivity (Wildman–Crippen MR) is 142 cm³/mol. The molecule has 3 aromatic rings. The van der Waals surface area contributed by atoms with Gasteiger partial charge in [0, 0.05) is 41.7 Å². The average Bonchev–Trinajstić information content (AvgIpc) is 3.30. The number of nitrogens with zero attached hydrogens (tertiary/aromatic N) is 3. The molecule has 0 aliphatic carbocycles. The monoisotopic (exact) mass is 559 g/mol. The summed E-state index contributed by atoms with van der Waals surface area (Å²) in [5.74, 6) is 0.776. The highest BCUT2D eigenvalue weighted by molar-refractivity contribution is 9.10. The fourth-order valence-electron chi connectivity index (χ4n) is 5.90. The number of fused-ring (bicyclic) bond motifs is 3. The zero-order valence-corrected chi connectivity index (χ0v) is 23.1. The van der Waals surface area contributed by atoms with Crippen LogP contribution < -0.4 is 4.74 Å². The third-order valence-corrected chi connectivity index (χ3v) is 7.99. The Morgan fingerprint density at radius 1 is 1.19 bits per heavy atom. The van der Waals surface area contributed by atoms with Crippen molar-refractivity contribution in [2.24, 2.45) is 0 Å². The summed E-state index contributed by atoms with van der Waals surface area (Å²) in [6.45, 7) is 4.86. The summed E-state index contributed by atoms with van der Waals surface area (Å²) in [6, 6.07) is 10.4. The van der Waals surface area contributed by atoms with Crippen LogP contribution in [0.4, 0.5) is 4.39 Å². The van der Waals surface area contributed by atoms with Gasteiger partial charge in [-0.05, 0) is 68.9 Å². The highest BCUT2D eigenvalue weighted by Gasteiger charge is 2.40. The van der Waals surface area contributed by atoms with Crippen LogP contribution in [0.2, 0.25) is 0 Å². The van der Waals surface area contributed by atoms with Crippen LogP contribution in [0.5, 0.6) is 5.75 Å². The largest absolute Gasteiger partial charge is 0.496 e. The minimum atomic E-state index is -1.49. The molecule has 4 atom stereocenters. The lowest BCUT2D eigenvalue weighted by molar-refractivity contribution is -0.0366. The maximum Gasteiger partial charge on any atom is 0.150 e. The van der Waals surface area contributed by atoms with Crippen molar-refractivity contribution in [2.45, 2.75) is 63.5 Å². The molecule has 4 unspecified atom stereocenters. The Kier molecular flexibility index (Phi) is 7.41. The molecule has 2 aromatic carbocycles. The summed E-state index contributed by atoms with van der Waals surface area (Å²) in [7, 11) is 3.23. The molecule has 5 rings (SSSR count). The van der Waals surface area contributed by atoms with Crippen molar-refractivity contribution in [1.29, 1.82) is 0 Å². The van der Waals surface area contributed by atoms with Gasteiger partial charge in [-0.2, -0.15) is 5.10 Å². The molecule has 3 heterocycles. The average molecular weight is 561 g/mol. The second-order valence-corrected chi connectivity index (χ2v) is 11.3. The smallest absolute Gasteiger partial charge is 0.150 e. The van der Waals surface area contributed by atoms with Gasteiger partial charge in [0.1, 0.15) is 11.4 Å². The number of hydrogen-bond donors (Lipinski definition) is 0. The molecule has 36 heavy (non-hydrogen) atoms. The lowest BCUT2D eigenvalue weighted by Crippen LogP contribution is -2.50. The number of alkyl halides is 1. The maximum absolute atomic E-state index is 15.6. The van der Waals surface area contributed by atoms with Crippen LogP contribution in [0.3, 0.4) is 0 Å². The Balaban J connectivity index is 1.65. The molecule has 0 spiro atoms. The van der Waals surface area contributed by atoms with E-state index in [9.17, 15) is 0 Å². The first kappa shape index (κ1) is 25.6. The fourth-order valence-corrected chi connectivity index (χ4v) is 6.24. The number of aromatic nitrogens is 2. The van der Waals surface area contributed by atoms with Crippen molar-refractivity contribution in [1.82, 2.24) is 14.7 Å². The van der Waals surface area contributed by atoms with Crippen LogP contribution in [-0.2, 0) is 15.9 Å². The van der Waals surface area contributed by atoms with Crippen molar-refractivity contribution in [3.63, 3.8) is 0 Å². The van der Waals surface area contributed by atoms with E-state index in [2.05, 4.69) is 46.0 Å². The minimum absolute atomic E-state index is 0.0181. The normalized spacial score (nSPS) is 24.4. The van der Waals surface area contributed by atoms with E-state index in [0.29, 0.717) is 0 Å². The third-order valence-electron chi connectivity index (χ3n) is 7.50. The first-order valence-corrected chi connectivity index (χ1v) is 13.5. The Labute approximate surface area is 220 Å². The van der Waals surface area contributed by atoms with Crippen LogP contribution in [0.25, 0.3) is 10.9 Å². The van der Waals surface area contributed by atoms with Gasteiger partial charge in [-0.1, -0.05) is 28.1 Å². The van der Waals surface area contributed by atoms with Crippen molar-refractivity contribution in [3.8, 4) is 5.75 Å². The summed E-state index contributed by atoms with van der Waals surface area (Å²) in [5, 5.41) is 5.92. The molecule has 0 saturated carbocycles. The molecular weight excluding hydrogens is 525 g/mol. The van der Waals surface area contributed by atoms with Crippen molar-refractivity contribution in [2.75, 3.05) is 34.0 Å². The summed E-state index contributed by atoms with van der Waals surface area (Å²) < 4.78 is 35.6. The van der Waals surface area contributed by atoms with Crippen LogP contribution in [0.1, 0.15) is 62.1 Å². The zero-order valence-electron chi connectivity index (χ0n) is 21.5. The molecule has 1 saturated heterocycles. The standard InChI is InChI=1S/C28H35BrFN3O3/c1-18-13-22-20(10-11-24-23(22)15-31-33(24)26-7-5-6-12-36-26)27(32(18)16-28(2,30)17-34-3)21-9-8-19(29)14-25(21)35-4/h8-11,14-15,18,26-27H,5-7,12-13,16-17H2,1-4H3. The second kappa shape index (κ2) is 10.4. The van der Waals surface area contributed by atoms with Crippen LogP contribution in [0.15, 0.2) is 41.0 Å². The van der Waals surface area contributed by atoms with Crippen LogP contribution >= 0.6 is 15.9 Å². The summed E-state index contributed by atoms with van der Waals surface area (Å²) >= 11 is 3.57. The Morgan fingerprint density at radius 2 is 2.00 bits per heavy atom. The van der Waals surface area contributed by atoms with Gasteiger partial charge in [0.2, 0.25) is 0 Å². The fraction of sp³-hybridized carbons (Fsp3) is 0.536. The summed E-state index contributed by atoms with van der Waals surface area (Å²) in [4.78, 5) is 2.26. The molecule has 1 aromatic heterocycles. The van der Waals surface area contributed by atoms with E-state index in [1.807, 2.05) is 23.0 Å². The van der Waals surface area contributed by atoms with Gasteiger partial charge in [-0.3, -0.25) is 4.90 Å². The summed E-state index contributed by atoms with van der Waals surface area (Å²) in [6.07, 6.45) is 6.00. The molecule has 0 N–H and O–H groups in total. The highest BCUT2D eigenvalue weighted by Crippen LogP contribution is 2.45. The van der Waals surface area contributed by atoms with Crippen molar-refractivity contribution < 1.29 is 18.6 Å². The first-order chi connectivity index (χ1) is 17.3.